The molecule has 1 aromatic rings. The minimum absolute atomic E-state index is 0.00212. The molecule has 2 fully saturated rings. The molecule has 1 aromatic carbocycles. The second-order valence-corrected chi connectivity index (χ2v) is 7.74. The Balaban J connectivity index is 1.37. The first kappa shape index (κ1) is 19.1. The van der Waals surface area contributed by atoms with E-state index in [0.29, 0.717) is 6.54 Å². The summed E-state index contributed by atoms with van der Waals surface area (Å²) in [4.78, 5) is 29.0. The second-order valence-electron chi connectivity index (χ2n) is 7.74. The Kier molecular flexibility index (Phi) is 6.84. The number of amides is 2. The molecule has 0 bridgehead atoms. The highest BCUT2D eigenvalue weighted by Gasteiger charge is 2.47. The minimum atomic E-state index is -0.00212. The van der Waals surface area contributed by atoms with Crippen molar-refractivity contribution in [2.24, 2.45) is 11.8 Å². The molecular formula is C22H32N2O2. The van der Waals surface area contributed by atoms with Crippen LogP contribution in [0.15, 0.2) is 30.3 Å². The lowest BCUT2D eigenvalue weighted by atomic mass is 9.81. The molecule has 4 nitrogen and oxygen atoms in total. The number of unbranched alkanes of at least 4 members (excludes halogenated alkanes) is 2. The summed E-state index contributed by atoms with van der Waals surface area (Å²) in [7, 11) is 0. The molecule has 2 atom stereocenters. The van der Waals surface area contributed by atoms with E-state index in [1.54, 1.807) is 4.90 Å². The van der Waals surface area contributed by atoms with Crippen LogP contribution in [0.2, 0.25) is 0 Å². The molecule has 2 aliphatic rings. The Labute approximate surface area is 157 Å². The van der Waals surface area contributed by atoms with Gasteiger partial charge in [0.05, 0.1) is 11.8 Å². The summed E-state index contributed by atoms with van der Waals surface area (Å²) in [5.74, 6) is 0.216. The van der Waals surface area contributed by atoms with Crippen molar-refractivity contribution in [2.45, 2.75) is 58.4 Å². The van der Waals surface area contributed by atoms with Crippen LogP contribution in [0.4, 0.5) is 0 Å². The summed E-state index contributed by atoms with van der Waals surface area (Å²) in [5.41, 5.74) is 1.35. The molecule has 1 saturated heterocycles. The van der Waals surface area contributed by atoms with Crippen LogP contribution in [-0.2, 0) is 16.1 Å². The highest BCUT2D eigenvalue weighted by molar-refractivity contribution is 6.05. The van der Waals surface area contributed by atoms with Crippen molar-refractivity contribution in [3.63, 3.8) is 0 Å². The fourth-order valence-electron chi connectivity index (χ4n) is 4.42. The van der Waals surface area contributed by atoms with Crippen LogP contribution in [0.5, 0.6) is 0 Å². The Morgan fingerprint density at radius 3 is 2.23 bits per heavy atom. The van der Waals surface area contributed by atoms with Gasteiger partial charge in [-0.1, -0.05) is 56.5 Å². The fourth-order valence-corrected chi connectivity index (χ4v) is 4.42. The van der Waals surface area contributed by atoms with Crippen LogP contribution < -0.4 is 0 Å². The zero-order chi connectivity index (χ0) is 18.4. The standard InChI is InChI=1S/C22H32N2O2/c1-2-23(17-18-11-5-3-6-12-18)15-9-4-10-16-24-21(25)19-13-7-8-14-20(19)22(24)26/h3,5-6,11-12,19-20H,2,4,7-10,13-17H2,1H3. The summed E-state index contributed by atoms with van der Waals surface area (Å²) in [6, 6.07) is 10.6. The molecule has 142 valence electrons. The molecule has 1 aliphatic heterocycles. The van der Waals surface area contributed by atoms with Gasteiger partial charge < -0.3 is 0 Å². The molecule has 0 N–H and O–H groups in total. The van der Waals surface area contributed by atoms with Crippen molar-refractivity contribution in [1.29, 1.82) is 0 Å². The smallest absolute Gasteiger partial charge is 0.233 e. The number of benzene rings is 1. The number of rotatable bonds is 9. The maximum absolute atomic E-state index is 12.5. The highest BCUT2D eigenvalue weighted by atomic mass is 16.2. The third kappa shape index (κ3) is 4.53. The van der Waals surface area contributed by atoms with Gasteiger partial charge in [0.2, 0.25) is 11.8 Å². The monoisotopic (exact) mass is 356 g/mol. The van der Waals surface area contributed by atoms with Crippen LogP contribution in [0.25, 0.3) is 0 Å². The molecule has 0 radical (unpaired) electrons. The lowest BCUT2D eigenvalue weighted by Gasteiger charge is -2.21. The lowest BCUT2D eigenvalue weighted by molar-refractivity contribution is -0.139. The molecule has 0 aromatic heterocycles. The summed E-state index contributed by atoms with van der Waals surface area (Å²) in [6.07, 6.45) is 7.14. The number of carbonyl (C=O) groups is 2. The molecule has 4 heteroatoms. The molecular weight excluding hydrogens is 324 g/mol. The van der Waals surface area contributed by atoms with Gasteiger partial charge in [-0.15, -0.1) is 0 Å². The molecule has 26 heavy (non-hydrogen) atoms. The number of imide groups is 1. The van der Waals surface area contributed by atoms with Crippen LogP contribution >= 0.6 is 0 Å². The third-order valence-electron chi connectivity index (χ3n) is 5.98. The Bertz CT molecular complexity index is 577. The number of likely N-dealkylation sites (tertiary alicyclic amines) is 1. The van der Waals surface area contributed by atoms with E-state index in [-0.39, 0.29) is 23.7 Å². The van der Waals surface area contributed by atoms with Gasteiger partial charge in [0, 0.05) is 13.1 Å². The Morgan fingerprint density at radius 1 is 0.962 bits per heavy atom. The quantitative estimate of drug-likeness (QED) is 0.498. The van der Waals surface area contributed by atoms with E-state index in [1.165, 1.54) is 5.56 Å². The first-order chi connectivity index (χ1) is 12.7. The van der Waals surface area contributed by atoms with Gasteiger partial charge in [0.1, 0.15) is 0 Å². The van der Waals surface area contributed by atoms with E-state index in [4.69, 9.17) is 0 Å². The van der Waals surface area contributed by atoms with E-state index >= 15 is 0 Å². The maximum Gasteiger partial charge on any atom is 0.233 e. The van der Waals surface area contributed by atoms with Crippen molar-refractivity contribution < 1.29 is 9.59 Å². The molecule has 1 saturated carbocycles. The topological polar surface area (TPSA) is 40.6 Å². The van der Waals surface area contributed by atoms with Crippen molar-refractivity contribution in [1.82, 2.24) is 9.80 Å². The Hall–Kier alpha value is -1.68. The van der Waals surface area contributed by atoms with Gasteiger partial charge >= 0.3 is 0 Å². The average molecular weight is 357 g/mol. The number of hydrogen-bond donors (Lipinski definition) is 0. The van der Waals surface area contributed by atoms with E-state index in [9.17, 15) is 9.59 Å². The normalized spacial score (nSPS) is 22.9. The molecule has 2 amide bonds. The zero-order valence-electron chi connectivity index (χ0n) is 16.0. The van der Waals surface area contributed by atoms with Crippen LogP contribution in [0.3, 0.4) is 0 Å². The molecule has 0 spiro atoms. The predicted octanol–water partition coefficient (Wildman–Crippen LogP) is 3.85. The van der Waals surface area contributed by atoms with Crippen LogP contribution in [0.1, 0.15) is 57.4 Å². The van der Waals surface area contributed by atoms with Gasteiger partial charge in [-0.25, -0.2) is 0 Å². The zero-order valence-corrected chi connectivity index (χ0v) is 16.0. The van der Waals surface area contributed by atoms with Gasteiger partial charge in [-0.2, -0.15) is 0 Å². The number of nitrogens with zero attached hydrogens (tertiary/aromatic N) is 2. The van der Waals surface area contributed by atoms with Crippen molar-refractivity contribution in [3.8, 4) is 0 Å². The van der Waals surface area contributed by atoms with Crippen LogP contribution in [0, 0.1) is 11.8 Å². The van der Waals surface area contributed by atoms with Gasteiger partial charge in [0.15, 0.2) is 0 Å². The van der Waals surface area contributed by atoms with E-state index in [2.05, 4.69) is 42.2 Å². The fraction of sp³-hybridized carbons (Fsp3) is 0.636. The first-order valence-corrected chi connectivity index (χ1v) is 10.3. The molecule has 1 aliphatic carbocycles. The number of fused-ring (bicyclic) bond motifs is 1. The van der Waals surface area contributed by atoms with E-state index in [0.717, 1.165) is 64.6 Å². The van der Waals surface area contributed by atoms with Crippen LogP contribution in [-0.4, -0.2) is 41.2 Å². The summed E-state index contributed by atoms with van der Waals surface area (Å²) < 4.78 is 0. The van der Waals surface area contributed by atoms with Crippen molar-refractivity contribution >= 4 is 11.8 Å². The first-order valence-electron chi connectivity index (χ1n) is 10.3. The van der Waals surface area contributed by atoms with Crippen molar-refractivity contribution in [2.75, 3.05) is 19.6 Å². The van der Waals surface area contributed by atoms with E-state index in [1.807, 2.05) is 0 Å². The largest absolute Gasteiger partial charge is 0.299 e. The van der Waals surface area contributed by atoms with E-state index < -0.39 is 0 Å². The lowest BCUT2D eigenvalue weighted by Crippen LogP contribution is -2.32. The SMILES string of the molecule is CCN(CCCCCN1C(=O)C2CCCCC2C1=O)Cc1ccccc1. The minimum Gasteiger partial charge on any atom is -0.299 e. The van der Waals surface area contributed by atoms with Gasteiger partial charge in [-0.3, -0.25) is 19.4 Å². The Morgan fingerprint density at radius 2 is 1.62 bits per heavy atom. The summed E-state index contributed by atoms with van der Waals surface area (Å²) >= 11 is 0. The summed E-state index contributed by atoms with van der Waals surface area (Å²) in [5, 5.41) is 0. The second kappa shape index (κ2) is 9.31. The number of carbonyl (C=O) groups excluding carboxylic acids is 2. The summed E-state index contributed by atoms with van der Waals surface area (Å²) in [6.45, 7) is 5.92. The predicted molar refractivity (Wildman–Crippen MR) is 103 cm³/mol. The highest BCUT2D eigenvalue weighted by Crippen LogP contribution is 2.38. The van der Waals surface area contributed by atoms with Gasteiger partial charge in [-0.05, 0) is 44.3 Å². The molecule has 3 rings (SSSR count). The number of hydrogen-bond acceptors (Lipinski definition) is 3. The van der Waals surface area contributed by atoms with Gasteiger partial charge in [0.25, 0.3) is 0 Å². The average Bonchev–Trinajstić information content (AvgIpc) is 2.92. The molecule has 2 unspecified atom stereocenters. The maximum atomic E-state index is 12.5. The third-order valence-corrected chi connectivity index (χ3v) is 5.98. The van der Waals surface area contributed by atoms with Crippen molar-refractivity contribution in [3.05, 3.63) is 35.9 Å². The molecule has 1 heterocycles.